The molecule has 0 radical (unpaired) electrons. The third-order valence-electron chi connectivity index (χ3n) is 4.98. The number of piperidine rings is 1. The fraction of sp³-hybridized carbons (Fsp3) is 0.600. The van der Waals surface area contributed by atoms with Gasteiger partial charge in [-0.3, -0.25) is 9.59 Å². The number of nitrogens with zero attached hydrogens (tertiary/aromatic N) is 1. The van der Waals surface area contributed by atoms with Crippen molar-refractivity contribution < 1.29 is 19.1 Å². The maximum atomic E-state index is 12.3. The molecule has 26 heavy (non-hydrogen) atoms. The third-order valence-corrected chi connectivity index (χ3v) is 4.98. The summed E-state index contributed by atoms with van der Waals surface area (Å²) in [6.07, 6.45) is 3.51. The van der Waals surface area contributed by atoms with E-state index in [0.29, 0.717) is 32.7 Å². The van der Waals surface area contributed by atoms with E-state index in [1.807, 2.05) is 36.1 Å². The predicted octanol–water partition coefficient (Wildman–Crippen LogP) is 1.91. The molecule has 0 saturated carbocycles. The van der Waals surface area contributed by atoms with Crippen LogP contribution >= 0.6 is 0 Å². The summed E-state index contributed by atoms with van der Waals surface area (Å²) in [6.45, 7) is 4.64. The average Bonchev–Trinajstić information content (AvgIpc) is 3.18. The van der Waals surface area contributed by atoms with Gasteiger partial charge < -0.3 is 19.7 Å². The summed E-state index contributed by atoms with van der Waals surface area (Å²) < 4.78 is 10.9. The number of likely N-dealkylation sites (tertiary alicyclic amines) is 1. The number of amides is 2. The smallest absolute Gasteiger partial charge is 0.251 e. The first-order valence-electron chi connectivity index (χ1n) is 9.57. The summed E-state index contributed by atoms with van der Waals surface area (Å²) >= 11 is 0. The molecule has 0 spiro atoms. The van der Waals surface area contributed by atoms with Gasteiger partial charge in [0.25, 0.3) is 5.91 Å². The molecule has 0 aliphatic carbocycles. The lowest BCUT2D eigenvalue weighted by molar-refractivity contribution is -0.142. The minimum Gasteiger partial charge on any atom is -0.494 e. The van der Waals surface area contributed by atoms with Gasteiger partial charge in [0, 0.05) is 25.7 Å². The van der Waals surface area contributed by atoms with E-state index in [2.05, 4.69) is 5.32 Å². The average molecular weight is 360 g/mol. The van der Waals surface area contributed by atoms with Crippen molar-refractivity contribution in [2.75, 3.05) is 26.3 Å². The SMILES string of the molecule is CCOc1ccc(CC(=O)NC2CCN(C(=O)C3CCCO3)CC2)cc1. The Morgan fingerprint density at radius 2 is 1.92 bits per heavy atom. The molecule has 2 amide bonds. The second-order valence-corrected chi connectivity index (χ2v) is 6.92. The van der Waals surface area contributed by atoms with E-state index in [-0.39, 0.29) is 24.0 Å². The fourth-order valence-corrected chi connectivity index (χ4v) is 3.55. The lowest BCUT2D eigenvalue weighted by Crippen LogP contribution is -2.49. The molecule has 6 heteroatoms. The summed E-state index contributed by atoms with van der Waals surface area (Å²) in [5.41, 5.74) is 0.969. The molecule has 1 unspecified atom stereocenters. The third kappa shape index (κ3) is 4.97. The van der Waals surface area contributed by atoms with Crippen LogP contribution in [0.2, 0.25) is 0 Å². The molecule has 1 atom stereocenters. The predicted molar refractivity (Wildman–Crippen MR) is 98.0 cm³/mol. The van der Waals surface area contributed by atoms with Crippen LogP contribution in [0.3, 0.4) is 0 Å². The number of nitrogens with one attached hydrogen (secondary N) is 1. The number of hydrogen-bond acceptors (Lipinski definition) is 4. The highest BCUT2D eigenvalue weighted by molar-refractivity contribution is 5.81. The molecule has 2 aliphatic rings. The van der Waals surface area contributed by atoms with Crippen molar-refractivity contribution in [2.45, 2.75) is 51.2 Å². The highest BCUT2D eigenvalue weighted by atomic mass is 16.5. The van der Waals surface area contributed by atoms with Gasteiger partial charge in [-0.25, -0.2) is 0 Å². The Bertz CT molecular complexity index is 603. The zero-order chi connectivity index (χ0) is 18.4. The Kier molecular flexibility index (Phi) is 6.50. The standard InChI is InChI=1S/C20H28N2O4/c1-2-25-17-7-5-15(6-8-17)14-19(23)21-16-9-11-22(12-10-16)20(24)18-4-3-13-26-18/h5-8,16,18H,2-4,9-14H2,1H3,(H,21,23). The van der Waals surface area contributed by atoms with Gasteiger partial charge in [0.2, 0.25) is 5.91 Å². The maximum Gasteiger partial charge on any atom is 0.251 e. The maximum absolute atomic E-state index is 12.3. The summed E-state index contributed by atoms with van der Waals surface area (Å²) in [4.78, 5) is 26.5. The van der Waals surface area contributed by atoms with Gasteiger partial charge in [-0.05, 0) is 50.3 Å². The van der Waals surface area contributed by atoms with Gasteiger partial charge >= 0.3 is 0 Å². The van der Waals surface area contributed by atoms with E-state index < -0.39 is 0 Å². The van der Waals surface area contributed by atoms with Crippen molar-refractivity contribution in [3.8, 4) is 5.75 Å². The molecule has 2 heterocycles. The van der Waals surface area contributed by atoms with Crippen LogP contribution in [0.5, 0.6) is 5.75 Å². The van der Waals surface area contributed by atoms with Gasteiger partial charge in [-0.1, -0.05) is 12.1 Å². The summed E-state index contributed by atoms with van der Waals surface area (Å²) in [5, 5.41) is 3.10. The van der Waals surface area contributed by atoms with Crippen LogP contribution in [-0.2, 0) is 20.7 Å². The molecular formula is C20H28N2O4. The second kappa shape index (κ2) is 9.03. The number of hydrogen-bond donors (Lipinski definition) is 1. The Balaban J connectivity index is 1.41. The van der Waals surface area contributed by atoms with Crippen LogP contribution < -0.4 is 10.1 Å². The van der Waals surface area contributed by atoms with E-state index in [9.17, 15) is 9.59 Å². The van der Waals surface area contributed by atoms with Crippen molar-refractivity contribution in [1.29, 1.82) is 0 Å². The van der Waals surface area contributed by atoms with Crippen LogP contribution in [0.25, 0.3) is 0 Å². The monoisotopic (exact) mass is 360 g/mol. The zero-order valence-corrected chi connectivity index (χ0v) is 15.4. The Morgan fingerprint density at radius 3 is 2.54 bits per heavy atom. The number of rotatable bonds is 6. The molecule has 1 aromatic carbocycles. The molecule has 1 aromatic rings. The molecule has 2 fully saturated rings. The molecule has 142 valence electrons. The first kappa shape index (κ1) is 18.7. The van der Waals surface area contributed by atoms with Crippen LogP contribution in [0.4, 0.5) is 0 Å². The molecule has 0 bridgehead atoms. The lowest BCUT2D eigenvalue weighted by Gasteiger charge is -2.33. The molecule has 1 N–H and O–H groups in total. The van der Waals surface area contributed by atoms with Crippen LogP contribution in [-0.4, -0.2) is 55.2 Å². The Morgan fingerprint density at radius 1 is 1.19 bits per heavy atom. The van der Waals surface area contributed by atoms with Crippen molar-refractivity contribution in [3.63, 3.8) is 0 Å². The number of ether oxygens (including phenoxy) is 2. The highest BCUT2D eigenvalue weighted by Gasteiger charge is 2.31. The van der Waals surface area contributed by atoms with Gasteiger partial charge in [0.15, 0.2) is 0 Å². The second-order valence-electron chi connectivity index (χ2n) is 6.92. The van der Waals surface area contributed by atoms with Crippen molar-refractivity contribution in [3.05, 3.63) is 29.8 Å². The van der Waals surface area contributed by atoms with Crippen molar-refractivity contribution in [1.82, 2.24) is 10.2 Å². The summed E-state index contributed by atoms with van der Waals surface area (Å²) in [7, 11) is 0. The molecule has 3 rings (SSSR count). The first-order chi connectivity index (χ1) is 12.7. The molecule has 2 aliphatic heterocycles. The van der Waals surface area contributed by atoms with Gasteiger partial charge in [-0.2, -0.15) is 0 Å². The van der Waals surface area contributed by atoms with Gasteiger partial charge in [0.05, 0.1) is 13.0 Å². The largest absolute Gasteiger partial charge is 0.494 e. The normalized spacial score (nSPS) is 20.8. The van der Waals surface area contributed by atoms with Crippen LogP contribution in [0, 0.1) is 0 Å². The Hall–Kier alpha value is -2.08. The first-order valence-corrected chi connectivity index (χ1v) is 9.57. The van der Waals surface area contributed by atoms with E-state index in [1.165, 1.54) is 0 Å². The topological polar surface area (TPSA) is 67.9 Å². The van der Waals surface area contributed by atoms with E-state index >= 15 is 0 Å². The highest BCUT2D eigenvalue weighted by Crippen LogP contribution is 2.18. The number of carbonyl (C=O) groups is 2. The minimum atomic E-state index is -0.249. The quantitative estimate of drug-likeness (QED) is 0.842. The van der Waals surface area contributed by atoms with Crippen LogP contribution in [0.1, 0.15) is 38.2 Å². The van der Waals surface area contributed by atoms with Crippen molar-refractivity contribution >= 4 is 11.8 Å². The zero-order valence-electron chi connectivity index (χ0n) is 15.4. The van der Waals surface area contributed by atoms with E-state index in [4.69, 9.17) is 9.47 Å². The molecule has 2 saturated heterocycles. The minimum absolute atomic E-state index is 0.0260. The molecule has 0 aromatic heterocycles. The van der Waals surface area contributed by atoms with Crippen LogP contribution in [0.15, 0.2) is 24.3 Å². The van der Waals surface area contributed by atoms with Crippen molar-refractivity contribution in [2.24, 2.45) is 0 Å². The lowest BCUT2D eigenvalue weighted by atomic mass is 10.0. The van der Waals surface area contributed by atoms with E-state index in [0.717, 1.165) is 37.0 Å². The Labute approximate surface area is 154 Å². The molecular weight excluding hydrogens is 332 g/mol. The fourth-order valence-electron chi connectivity index (χ4n) is 3.55. The summed E-state index contributed by atoms with van der Waals surface area (Å²) in [6, 6.07) is 7.77. The van der Waals surface area contributed by atoms with Gasteiger partial charge in [-0.15, -0.1) is 0 Å². The van der Waals surface area contributed by atoms with E-state index in [1.54, 1.807) is 0 Å². The number of carbonyl (C=O) groups excluding carboxylic acids is 2. The molecule has 6 nitrogen and oxygen atoms in total. The number of benzene rings is 1. The summed E-state index contributed by atoms with van der Waals surface area (Å²) in [5.74, 6) is 0.958. The van der Waals surface area contributed by atoms with Gasteiger partial charge in [0.1, 0.15) is 11.9 Å².